The Bertz CT molecular complexity index is 495. The van der Waals surface area contributed by atoms with E-state index in [9.17, 15) is 9.59 Å². The molecule has 5 nitrogen and oxygen atoms in total. The van der Waals surface area contributed by atoms with Gasteiger partial charge in [0.15, 0.2) is 0 Å². The van der Waals surface area contributed by atoms with Crippen LogP contribution >= 0.6 is 12.4 Å². The average Bonchev–Trinajstić information content (AvgIpc) is 2.50. The van der Waals surface area contributed by atoms with E-state index in [1.807, 2.05) is 30.3 Å². The van der Waals surface area contributed by atoms with Crippen LogP contribution in [0.15, 0.2) is 30.3 Å². The molecule has 0 bridgehead atoms. The van der Waals surface area contributed by atoms with E-state index >= 15 is 0 Å². The molecule has 122 valence electrons. The van der Waals surface area contributed by atoms with Crippen molar-refractivity contribution in [1.29, 1.82) is 0 Å². The Morgan fingerprint density at radius 3 is 2.68 bits per heavy atom. The Morgan fingerprint density at radius 1 is 1.36 bits per heavy atom. The number of nitrogens with one attached hydrogen (secondary N) is 1. The minimum absolute atomic E-state index is 0. The number of nitrogens with zero attached hydrogens (tertiary/aromatic N) is 1. The summed E-state index contributed by atoms with van der Waals surface area (Å²) in [5, 5.41) is 2.93. The number of piperidine rings is 1. The molecule has 1 aliphatic heterocycles. The standard InChI is InChI=1S/C16H23N3O2.ClH/c1-19-14(20)9-8-13(16(21)18-11-5-10-17)15(19)12-6-3-2-4-7-12;/h2-4,6-7,13,15H,5,8-11,17H2,1H3,(H,18,21);1H. The molecule has 3 N–H and O–H groups in total. The molecule has 2 unspecified atom stereocenters. The van der Waals surface area contributed by atoms with Gasteiger partial charge in [0, 0.05) is 20.0 Å². The van der Waals surface area contributed by atoms with Crippen molar-refractivity contribution in [1.82, 2.24) is 10.2 Å². The fourth-order valence-electron chi connectivity index (χ4n) is 2.86. The van der Waals surface area contributed by atoms with E-state index in [4.69, 9.17) is 5.73 Å². The number of carbonyl (C=O) groups is 2. The number of carbonyl (C=O) groups excluding carboxylic acids is 2. The molecule has 2 rings (SSSR count). The van der Waals surface area contributed by atoms with Gasteiger partial charge < -0.3 is 16.0 Å². The molecule has 0 saturated carbocycles. The van der Waals surface area contributed by atoms with Crippen LogP contribution < -0.4 is 11.1 Å². The number of amides is 2. The summed E-state index contributed by atoms with van der Waals surface area (Å²) in [7, 11) is 1.78. The van der Waals surface area contributed by atoms with Gasteiger partial charge in [-0.3, -0.25) is 9.59 Å². The van der Waals surface area contributed by atoms with Gasteiger partial charge in [-0.1, -0.05) is 30.3 Å². The highest BCUT2D eigenvalue weighted by molar-refractivity contribution is 5.85. The number of hydrogen-bond donors (Lipinski definition) is 2. The van der Waals surface area contributed by atoms with E-state index in [0.29, 0.717) is 25.9 Å². The van der Waals surface area contributed by atoms with Crippen LogP contribution in [0.1, 0.15) is 30.9 Å². The molecule has 22 heavy (non-hydrogen) atoms. The number of benzene rings is 1. The maximum absolute atomic E-state index is 12.4. The summed E-state index contributed by atoms with van der Waals surface area (Å²) in [5.41, 5.74) is 6.45. The van der Waals surface area contributed by atoms with Gasteiger partial charge in [0.2, 0.25) is 11.8 Å². The molecule has 0 spiro atoms. The quantitative estimate of drug-likeness (QED) is 0.805. The number of rotatable bonds is 5. The summed E-state index contributed by atoms with van der Waals surface area (Å²) in [4.78, 5) is 26.1. The van der Waals surface area contributed by atoms with Crippen LogP contribution in [0.2, 0.25) is 0 Å². The molecule has 0 aliphatic carbocycles. The first-order chi connectivity index (χ1) is 10.1. The van der Waals surface area contributed by atoms with Crippen molar-refractivity contribution in [3.8, 4) is 0 Å². The molecule has 1 fully saturated rings. The molecule has 1 aromatic carbocycles. The zero-order valence-electron chi connectivity index (χ0n) is 12.8. The van der Waals surface area contributed by atoms with Crippen molar-refractivity contribution in [2.24, 2.45) is 11.7 Å². The summed E-state index contributed by atoms with van der Waals surface area (Å²) < 4.78 is 0. The summed E-state index contributed by atoms with van der Waals surface area (Å²) in [6.07, 6.45) is 1.79. The highest BCUT2D eigenvalue weighted by atomic mass is 35.5. The molecule has 6 heteroatoms. The van der Waals surface area contributed by atoms with Crippen molar-refractivity contribution in [2.45, 2.75) is 25.3 Å². The fourth-order valence-corrected chi connectivity index (χ4v) is 2.86. The summed E-state index contributed by atoms with van der Waals surface area (Å²) in [6.45, 7) is 1.15. The molecule has 1 aromatic rings. The van der Waals surface area contributed by atoms with Gasteiger partial charge in [0.05, 0.1) is 12.0 Å². The Morgan fingerprint density at radius 2 is 2.05 bits per heavy atom. The van der Waals surface area contributed by atoms with Gasteiger partial charge >= 0.3 is 0 Å². The molecule has 1 aliphatic rings. The SMILES string of the molecule is CN1C(=O)CCC(C(=O)NCCCN)C1c1ccccc1.Cl. The molecule has 0 aromatic heterocycles. The molecular formula is C16H24ClN3O2. The fraction of sp³-hybridized carbons (Fsp3) is 0.500. The van der Waals surface area contributed by atoms with Crippen molar-refractivity contribution in [3.63, 3.8) is 0 Å². The molecule has 2 amide bonds. The lowest BCUT2D eigenvalue weighted by Crippen LogP contribution is -2.46. The summed E-state index contributed by atoms with van der Waals surface area (Å²) in [5.74, 6) is -0.0978. The Hall–Kier alpha value is -1.59. The van der Waals surface area contributed by atoms with E-state index in [1.165, 1.54) is 0 Å². The van der Waals surface area contributed by atoms with Crippen molar-refractivity contribution in [2.75, 3.05) is 20.1 Å². The van der Waals surface area contributed by atoms with Crippen LogP contribution in [0, 0.1) is 5.92 Å². The van der Waals surface area contributed by atoms with Crippen molar-refractivity contribution >= 4 is 24.2 Å². The number of hydrogen-bond acceptors (Lipinski definition) is 3. The van der Waals surface area contributed by atoms with Gasteiger partial charge in [-0.25, -0.2) is 0 Å². The third-order valence-electron chi connectivity index (χ3n) is 4.02. The molecule has 0 radical (unpaired) electrons. The van der Waals surface area contributed by atoms with Gasteiger partial charge in [0.1, 0.15) is 0 Å². The maximum atomic E-state index is 12.4. The van der Waals surface area contributed by atoms with Crippen LogP contribution in [0.3, 0.4) is 0 Å². The zero-order chi connectivity index (χ0) is 15.2. The van der Waals surface area contributed by atoms with Crippen LogP contribution in [0.4, 0.5) is 0 Å². The van der Waals surface area contributed by atoms with E-state index in [2.05, 4.69) is 5.32 Å². The zero-order valence-corrected chi connectivity index (χ0v) is 13.6. The van der Waals surface area contributed by atoms with Crippen LogP contribution in [-0.2, 0) is 9.59 Å². The molecular weight excluding hydrogens is 302 g/mol. The lowest BCUT2D eigenvalue weighted by Gasteiger charge is -2.38. The first-order valence-electron chi connectivity index (χ1n) is 7.43. The second kappa shape index (κ2) is 8.76. The summed E-state index contributed by atoms with van der Waals surface area (Å²) >= 11 is 0. The minimum Gasteiger partial charge on any atom is -0.356 e. The first kappa shape index (κ1) is 18.5. The minimum atomic E-state index is -0.201. The predicted molar refractivity (Wildman–Crippen MR) is 88.6 cm³/mol. The first-order valence-corrected chi connectivity index (χ1v) is 7.43. The van der Waals surface area contributed by atoms with E-state index in [-0.39, 0.29) is 36.2 Å². The van der Waals surface area contributed by atoms with Crippen molar-refractivity contribution in [3.05, 3.63) is 35.9 Å². The Kier molecular flexibility index (Phi) is 7.35. The molecule has 1 heterocycles. The smallest absolute Gasteiger partial charge is 0.225 e. The third kappa shape index (κ3) is 4.21. The predicted octanol–water partition coefficient (Wildman–Crippen LogP) is 1.48. The second-order valence-corrected chi connectivity index (χ2v) is 5.44. The highest BCUT2D eigenvalue weighted by Crippen LogP contribution is 2.35. The Balaban J connectivity index is 0.00000242. The van der Waals surface area contributed by atoms with E-state index < -0.39 is 0 Å². The van der Waals surface area contributed by atoms with Gasteiger partial charge in [-0.05, 0) is 24.9 Å². The summed E-state index contributed by atoms with van der Waals surface area (Å²) in [6, 6.07) is 9.56. The van der Waals surface area contributed by atoms with Gasteiger partial charge in [-0.15, -0.1) is 12.4 Å². The number of halogens is 1. The van der Waals surface area contributed by atoms with E-state index in [1.54, 1.807) is 11.9 Å². The highest BCUT2D eigenvalue weighted by Gasteiger charge is 2.38. The molecule has 1 saturated heterocycles. The van der Waals surface area contributed by atoms with Crippen LogP contribution in [0.25, 0.3) is 0 Å². The lowest BCUT2D eigenvalue weighted by molar-refractivity contribution is -0.141. The maximum Gasteiger partial charge on any atom is 0.225 e. The van der Waals surface area contributed by atoms with Crippen LogP contribution in [0.5, 0.6) is 0 Å². The monoisotopic (exact) mass is 325 g/mol. The third-order valence-corrected chi connectivity index (χ3v) is 4.02. The van der Waals surface area contributed by atoms with Gasteiger partial charge in [0.25, 0.3) is 0 Å². The molecule has 2 atom stereocenters. The number of likely N-dealkylation sites (tertiary alicyclic amines) is 1. The van der Waals surface area contributed by atoms with E-state index in [0.717, 1.165) is 12.0 Å². The lowest BCUT2D eigenvalue weighted by atomic mass is 9.84. The normalized spacial score (nSPS) is 21.2. The topological polar surface area (TPSA) is 75.4 Å². The van der Waals surface area contributed by atoms with Crippen molar-refractivity contribution < 1.29 is 9.59 Å². The number of nitrogens with two attached hydrogens (primary N) is 1. The second-order valence-electron chi connectivity index (χ2n) is 5.44. The average molecular weight is 326 g/mol. The largest absolute Gasteiger partial charge is 0.356 e. The Labute approximate surface area is 137 Å². The van der Waals surface area contributed by atoms with Gasteiger partial charge in [-0.2, -0.15) is 0 Å². The van der Waals surface area contributed by atoms with Crippen LogP contribution in [-0.4, -0.2) is 36.9 Å².